The third-order valence-electron chi connectivity index (χ3n) is 4.34. The smallest absolute Gasteiger partial charge is 0.249 e. The highest BCUT2D eigenvalue weighted by Crippen LogP contribution is 2.21. The minimum atomic E-state index is -0.457. The Morgan fingerprint density at radius 1 is 1.33 bits per heavy atom. The van der Waals surface area contributed by atoms with E-state index in [2.05, 4.69) is 10.6 Å². The van der Waals surface area contributed by atoms with Crippen LogP contribution in [-0.2, 0) is 14.3 Å². The lowest BCUT2D eigenvalue weighted by molar-refractivity contribution is -0.131. The number of rotatable bonds is 3. The molecular weight excluding hydrogens is 330 g/mol. The lowest BCUT2D eigenvalue weighted by Gasteiger charge is -2.34. The third kappa shape index (κ3) is 4.26. The summed E-state index contributed by atoms with van der Waals surface area (Å²) >= 11 is 0. The maximum absolute atomic E-state index is 12.7. The molecule has 0 bridgehead atoms. The number of anilines is 1. The van der Waals surface area contributed by atoms with E-state index in [-0.39, 0.29) is 30.3 Å². The van der Waals surface area contributed by atoms with E-state index in [4.69, 9.17) is 4.74 Å². The van der Waals surface area contributed by atoms with Crippen molar-refractivity contribution in [2.24, 2.45) is 0 Å². The SMILES string of the molecule is Cc1ccc(N2CCCC(NC(=O)C3COCCN3)C2=O)cc1.Cl. The van der Waals surface area contributed by atoms with Gasteiger partial charge in [0.2, 0.25) is 11.8 Å². The first-order valence-electron chi connectivity index (χ1n) is 8.15. The molecule has 2 N–H and O–H groups in total. The summed E-state index contributed by atoms with van der Waals surface area (Å²) in [5, 5.41) is 5.99. The van der Waals surface area contributed by atoms with Gasteiger partial charge in [-0.2, -0.15) is 0 Å². The van der Waals surface area contributed by atoms with Gasteiger partial charge in [0.15, 0.2) is 0 Å². The molecule has 0 radical (unpaired) electrons. The van der Waals surface area contributed by atoms with Gasteiger partial charge in [-0.3, -0.25) is 9.59 Å². The average molecular weight is 354 g/mol. The van der Waals surface area contributed by atoms with Gasteiger partial charge in [0, 0.05) is 18.8 Å². The zero-order valence-corrected chi connectivity index (χ0v) is 14.6. The predicted molar refractivity (Wildman–Crippen MR) is 94.6 cm³/mol. The molecule has 2 fully saturated rings. The molecule has 132 valence electrons. The fourth-order valence-electron chi connectivity index (χ4n) is 3.00. The van der Waals surface area contributed by atoms with Crippen molar-refractivity contribution in [3.05, 3.63) is 29.8 Å². The van der Waals surface area contributed by atoms with E-state index in [1.807, 2.05) is 31.2 Å². The second-order valence-corrected chi connectivity index (χ2v) is 6.11. The molecule has 0 spiro atoms. The lowest BCUT2D eigenvalue weighted by atomic mass is 10.0. The van der Waals surface area contributed by atoms with Gasteiger partial charge < -0.3 is 20.3 Å². The third-order valence-corrected chi connectivity index (χ3v) is 4.34. The first-order chi connectivity index (χ1) is 11.1. The fraction of sp³-hybridized carbons (Fsp3) is 0.529. The number of hydrogen-bond acceptors (Lipinski definition) is 4. The molecule has 0 saturated carbocycles. The molecular formula is C17H24ClN3O3. The molecule has 2 saturated heterocycles. The Hall–Kier alpha value is -1.63. The van der Waals surface area contributed by atoms with Gasteiger partial charge in [-0.25, -0.2) is 0 Å². The Kier molecular flexibility index (Phi) is 6.60. The first kappa shape index (κ1) is 18.7. The molecule has 2 atom stereocenters. The van der Waals surface area contributed by atoms with E-state index in [1.54, 1.807) is 4.90 Å². The van der Waals surface area contributed by atoms with E-state index >= 15 is 0 Å². The Bertz CT molecular complexity index is 573. The highest BCUT2D eigenvalue weighted by molar-refractivity contribution is 6.00. The monoisotopic (exact) mass is 353 g/mol. The first-order valence-corrected chi connectivity index (χ1v) is 8.15. The van der Waals surface area contributed by atoms with Crippen molar-refractivity contribution in [2.75, 3.05) is 31.2 Å². The number of halogens is 1. The Morgan fingerprint density at radius 3 is 2.75 bits per heavy atom. The summed E-state index contributed by atoms with van der Waals surface area (Å²) in [4.78, 5) is 26.7. The number of nitrogens with one attached hydrogen (secondary N) is 2. The number of amides is 2. The molecule has 0 aromatic heterocycles. The molecule has 6 nitrogen and oxygen atoms in total. The van der Waals surface area contributed by atoms with Crippen molar-refractivity contribution in [3.63, 3.8) is 0 Å². The van der Waals surface area contributed by atoms with Crippen LogP contribution in [0, 0.1) is 6.92 Å². The van der Waals surface area contributed by atoms with E-state index < -0.39 is 6.04 Å². The standard InChI is InChI=1S/C17H23N3O3.ClH/c1-12-4-6-13(7-5-12)20-9-2-3-14(17(20)22)19-16(21)15-11-23-10-8-18-15;/h4-7,14-15,18H,2-3,8-11H2,1H3,(H,19,21);1H. The molecule has 3 rings (SSSR count). The van der Waals surface area contributed by atoms with Crippen LogP contribution < -0.4 is 15.5 Å². The molecule has 2 heterocycles. The van der Waals surface area contributed by atoms with Gasteiger partial charge >= 0.3 is 0 Å². The van der Waals surface area contributed by atoms with Gasteiger partial charge in [-0.05, 0) is 31.9 Å². The molecule has 2 unspecified atom stereocenters. The zero-order valence-electron chi connectivity index (χ0n) is 13.8. The van der Waals surface area contributed by atoms with Gasteiger partial charge in [0.25, 0.3) is 0 Å². The summed E-state index contributed by atoms with van der Waals surface area (Å²) in [6.07, 6.45) is 1.56. The quantitative estimate of drug-likeness (QED) is 0.851. The van der Waals surface area contributed by atoms with Crippen LogP contribution in [0.5, 0.6) is 0 Å². The van der Waals surface area contributed by atoms with Crippen molar-refractivity contribution >= 4 is 29.9 Å². The number of carbonyl (C=O) groups excluding carboxylic acids is 2. The maximum Gasteiger partial charge on any atom is 0.249 e. The number of benzene rings is 1. The second kappa shape index (κ2) is 8.46. The minimum absolute atomic E-state index is 0. The zero-order chi connectivity index (χ0) is 16.2. The van der Waals surface area contributed by atoms with E-state index in [0.29, 0.717) is 32.7 Å². The van der Waals surface area contributed by atoms with Crippen molar-refractivity contribution in [3.8, 4) is 0 Å². The minimum Gasteiger partial charge on any atom is -0.378 e. The summed E-state index contributed by atoms with van der Waals surface area (Å²) in [7, 11) is 0. The predicted octanol–water partition coefficient (Wildman–Crippen LogP) is 1.02. The summed E-state index contributed by atoms with van der Waals surface area (Å²) in [6, 6.07) is 7.07. The number of hydrogen-bond donors (Lipinski definition) is 2. The molecule has 1 aromatic rings. The van der Waals surface area contributed by atoms with Crippen molar-refractivity contribution in [2.45, 2.75) is 31.8 Å². The molecule has 2 aliphatic rings. The number of nitrogens with zero attached hydrogens (tertiary/aromatic N) is 1. The van der Waals surface area contributed by atoms with Crippen LogP contribution >= 0.6 is 12.4 Å². The highest BCUT2D eigenvalue weighted by atomic mass is 35.5. The number of morpholine rings is 1. The van der Waals surface area contributed by atoms with Gasteiger partial charge in [0.05, 0.1) is 13.2 Å². The Balaban J connectivity index is 0.00000208. The number of carbonyl (C=O) groups is 2. The number of ether oxygens (including phenoxy) is 1. The van der Waals surface area contributed by atoms with Crippen molar-refractivity contribution < 1.29 is 14.3 Å². The largest absolute Gasteiger partial charge is 0.378 e. The topological polar surface area (TPSA) is 70.7 Å². The molecule has 0 aliphatic carbocycles. The molecule has 7 heteroatoms. The van der Waals surface area contributed by atoms with Crippen LogP contribution in [-0.4, -0.2) is 50.2 Å². The summed E-state index contributed by atoms with van der Waals surface area (Å²) in [5.74, 6) is -0.195. The van der Waals surface area contributed by atoms with Crippen LogP contribution in [0.2, 0.25) is 0 Å². The molecule has 2 amide bonds. The van der Waals surface area contributed by atoms with E-state index in [1.165, 1.54) is 0 Å². The molecule has 2 aliphatic heterocycles. The molecule has 1 aromatic carbocycles. The van der Waals surface area contributed by atoms with Crippen molar-refractivity contribution in [1.82, 2.24) is 10.6 Å². The van der Waals surface area contributed by atoms with Gasteiger partial charge in [-0.1, -0.05) is 17.7 Å². The van der Waals surface area contributed by atoms with Crippen LogP contribution in [0.4, 0.5) is 5.69 Å². The second-order valence-electron chi connectivity index (χ2n) is 6.11. The van der Waals surface area contributed by atoms with Crippen LogP contribution in [0.25, 0.3) is 0 Å². The molecule has 24 heavy (non-hydrogen) atoms. The van der Waals surface area contributed by atoms with Crippen LogP contribution in [0.15, 0.2) is 24.3 Å². The van der Waals surface area contributed by atoms with E-state index in [0.717, 1.165) is 17.7 Å². The van der Waals surface area contributed by atoms with Gasteiger partial charge in [-0.15, -0.1) is 12.4 Å². The summed E-state index contributed by atoms with van der Waals surface area (Å²) < 4.78 is 5.30. The summed E-state index contributed by atoms with van der Waals surface area (Å²) in [6.45, 7) is 4.34. The van der Waals surface area contributed by atoms with Crippen molar-refractivity contribution in [1.29, 1.82) is 0 Å². The maximum atomic E-state index is 12.7. The number of aryl methyl sites for hydroxylation is 1. The van der Waals surface area contributed by atoms with Crippen LogP contribution in [0.3, 0.4) is 0 Å². The highest BCUT2D eigenvalue weighted by Gasteiger charge is 2.32. The van der Waals surface area contributed by atoms with E-state index in [9.17, 15) is 9.59 Å². The number of piperidine rings is 1. The Morgan fingerprint density at radius 2 is 2.08 bits per heavy atom. The summed E-state index contributed by atoms with van der Waals surface area (Å²) in [5.41, 5.74) is 2.05. The fourth-order valence-corrected chi connectivity index (χ4v) is 3.00. The van der Waals surface area contributed by atoms with Crippen LogP contribution in [0.1, 0.15) is 18.4 Å². The normalized spacial score (nSPS) is 24.2. The van der Waals surface area contributed by atoms with Gasteiger partial charge in [0.1, 0.15) is 12.1 Å². The lowest BCUT2D eigenvalue weighted by Crippen LogP contribution is -2.58. The Labute approximate surface area is 148 Å². The average Bonchev–Trinajstić information content (AvgIpc) is 2.58.